The number of rotatable bonds is 3. The zero-order valence-electron chi connectivity index (χ0n) is 7.14. The van der Waals surface area contributed by atoms with Gasteiger partial charge in [0.05, 0.1) is 0 Å². The minimum absolute atomic E-state index is 0.0156. The SMILES string of the molecule is CCNC(=S)NNC(=O)COC. The predicted molar refractivity (Wildman–Crippen MR) is 49.4 cm³/mol. The second-order valence-corrected chi connectivity index (χ2v) is 2.37. The maximum Gasteiger partial charge on any atom is 0.264 e. The predicted octanol–water partition coefficient (Wildman–Crippen LogP) is -0.852. The topological polar surface area (TPSA) is 62.4 Å². The average Bonchev–Trinajstić information content (AvgIpc) is 2.02. The van der Waals surface area contributed by atoms with Crippen LogP contribution in [0.15, 0.2) is 0 Å². The van der Waals surface area contributed by atoms with Gasteiger partial charge in [0.15, 0.2) is 5.11 Å². The zero-order valence-corrected chi connectivity index (χ0v) is 7.96. The molecule has 0 fully saturated rings. The minimum atomic E-state index is -0.266. The fourth-order valence-corrected chi connectivity index (χ4v) is 0.694. The first-order valence-electron chi connectivity index (χ1n) is 3.52. The highest BCUT2D eigenvalue weighted by molar-refractivity contribution is 7.80. The first-order chi connectivity index (χ1) is 5.70. The number of methoxy groups -OCH3 is 1. The van der Waals surface area contributed by atoms with E-state index in [0.29, 0.717) is 11.7 Å². The highest BCUT2D eigenvalue weighted by Gasteiger charge is 1.98. The molecule has 3 N–H and O–H groups in total. The highest BCUT2D eigenvalue weighted by Crippen LogP contribution is 1.67. The van der Waals surface area contributed by atoms with Crippen LogP contribution in [-0.2, 0) is 9.53 Å². The summed E-state index contributed by atoms with van der Waals surface area (Å²) < 4.78 is 4.58. The maximum absolute atomic E-state index is 10.8. The Labute approximate surface area is 76.8 Å². The van der Waals surface area contributed by atoms with E-state index in [1.54, 1.807) is 0 Å². The van der Waals surface area contributed by atoms with E-state index >= 15 is 0 Å². The van der Waals surface area contributed by atoms with Gasteiger partial charge in [-0.05, 0) is 19.1 Å². The summed E-state index contributed by atoms with van der Waals surface area (Å²) in [6, 6.07) is 0. The van der Waals surface area contributed by atoms with Crippen LogP contribution in [0.1, 0.15) is 6.92 Å². The van der Waals surface area contributed by atoms with Gasteiger partial charge >= 0.3 is 0 Å². The summed E-state index contributed by atoms with van der Waals surface area (Å²) in [5.74, 6) is -0.266. The smallest absolute Gasteiger partial charge is 0.264 e. The Hall–Kier alpha value is -0.880. The summed E-state index contributed by atoms with van der Waals surface area (Å²) in [6.07, 6.45) is 0. The van der Waals surface area contributed by atoms with Crippen LogP contribution in [0.5, 0.6) is 0 Å². The van der Waals surface area contributed by atoms with E-state index in [9.17, 15) is 4.79 Å². The maximum atomic E-state index is 10.8. The van der Waals surface area contributed by atoms with Crippen LogP contribution < -0.4 is 16.2 Å². The molecule has 0 bridgehead atoms. The average molecular weight is 191 g/mol. The van der Waals surface area contributed by atoms with Crippen molar-refractivity contribution in [1.82, 2.24) is 16.2 Å². The van der Waals surface area contributed by atoms with E-state index in [0.717, 1.165) is 0 Å². The number of amides is 1. The summed E-state index contributed by atoms with van der Waals surface area (Å²) in [6.45, 7) is 2.64. The van der Waals surface area contributed by atoms with Crippen molar-refractivity contribution in [1.29, 1.82) is 0 Å². The molecule has 1 amide bonds. The summed E-state index contributed by atoms with van der Waals surface area (Å²) in [5.41, 5.74) is 4.86. The van der Waals surface area contributed by atoms with Crippen molar-refractivity contribution in [2.24, 2.45) is 0 Å². The Kier molecular flexibility index (Phi) is 6.31. The highest BCUT2D eigenvalue weighted by atomic mass is 32.1. The second kappa shape index (κ2) is 6.81. The second-order valence-electron chi connectivity index (χ2n) is 1.97. The van der Waals surface area contributed by atoms with Crippen LogP contribution in [0.4, 0.5) is 0 Å². The van der Waals surface area contributed by atoms with Crippen LogP contribution in [0.3, 0.4) is 0 Å². The van der Waals surface area contributed by atoms with E-state index < -0.39 is 0 Å². The number of thiocarbonyl (C=S) groups is 1. The van der Waals surface area contributed by atoms with Crippen molar-refractivity contribution >= 4 is 23.2 Å². The molecule has 0 aliphatic rings. The van der Waals surface area contributed by atoms with E-state index in [1.165, 1.54) is 7.11 Å². The summed E-state index contributed by atoms with van der Waals surface area (Å²) in [4.78, 5) is 10.8. The van der Waals surface area contributed by atoms with E-state index in [-0.39, 0.29) is 12.5 Å². The van der Waals surface area contributed by atoms with Crippen molar-refractivity contribution in [2.75, 3.05) is 20.3 Å². The van der Waals surface area contributed by atoms with Gasteiger partial charge in [-0.1, -0.05) is 0 Å². The quantitative estimate of drug-likeness (QED) is 0.400. The van der Waals surface area contributed by atoms with Crippen LogP contribution in [0.25, 0.3) is 0 Å². The molecule has 0 aliphatic carbocycles. The molecule has 0 atom stereocenters. The molecule has 0 heterocycles. The fourth-order valence-electron chi connectivity index (χ4n) is 0.498. The number of ether oxygens (including phenoxy) is 1. The Morgan fingerprint density at radius 3 is 2.67 bits per heavy atom. The van der Waals surface area contributed by atoms with Crippen molar-refractivity contribution in [3.8, 4) is 0 Å². The number of hydrogen-bond acceptors (Lipinski definition) is 3. The molecule has 0 saturated carbocycles. The van der Waals surface area contributed by atoms with E-state index in [1.807, 2.05) is 6.92 Å². The Morgan fingerprint density at radius 2 is 2.17 bits per heavy atom. The van der Waals surface area contributed by atoms with Gasteiger partial charge in [-0.3, -0.25) is 15.6 Å². The molecule has 0 aromatic heterocycles. The lowest BCUT2D eigenvalue weighted by molar-refractivity contribution is -0.125. The molecule has 0 radical (unpaired) electrons. The largest absolute Gasteiger partial charge is 0.375 e. The molecule has 0 spiro atoms. The number of hydrogen-bond donors (Lipinski definition) is 3. The number of carbonyl (C=O) groups is 1. The first-order valence-corrected chi connectivity index (χ1v) is 3.93. The van der Waals surface area contributed by atoms with Crippen LogP contribution >= 0.6 is 12.2 Å². The van der Waals surface area contributed by atoms with Gasteiger partial charge in [-0.2, -0.15) is 0 Å². The Bertz CT molecular complexity index is 145. The molecule has 0 unspecified atom stereocenters. The minimum Gasteiger partial charge on any atom is -0.375 e. The Morgan fingerprint density at radius 1 is 1.50 bits per heavy atom. The van der Waals surface area contributed by atoms with Crippen molar-refractivity contribution in [2.45, 2.75) is 6.92 Å². The van der Waals surface area contributed by atoms with Gasteiger partial charge < -0.3 is 10.1 Å². The first kappa shape index (κ1) is 11.1. The van der Waals surface area contributed by atoms with E-state index in [2.05, 4.69) is 20.9 Å². The van der Waals surface area contributed by atoms with E-state index in [4.69, 9.17) is 12.2 Å². The zero-order chi connectivity index (χ0) is 9.40. The molecule has 6 heteroatoms. The molecule has 0 rings (SSSR count). The standard InChI is InChI=1S/C6H13N3O2S/c1-3-7-6(12)9-8-5(10)4-11-2/h3-4H2,1-2H3,(H,8,10)(H2,7,9,12). The third kappa shape index (κ3) is 5.87. The number of carbonyl (C=O) groups excluding carboxylic acids is 1. The van der Waals surface area contributed by atoms with Gasteiger partial charge in [-0.15, -0.1) is 0 Å². The van der Waals surface area contributed by atoms with Gasteiger partial charge in [0.1, 0.15) is 6.61 Å². The van der Waals surface area contributed by atoms with Gasteiger partial charge in [0.2, 0.25) is 0 Å². The van der Waals surface area contributed by atoms with Gasteiger partial charge in [-0.25, -0.2) is 0 Å². The number of hydrazine groups is 1. The molecule has 70 valence electrons. The summed E-state index contributed by atoms with van der Waals surface area (Å²) >= 11 is 4.78. The molecular weight excluding hydrogens is 178 g/mol. The molecule has 0 aromatic carbocycles. The lowest BCUT2D eigenvalue weighted by Crippen LogP contribution is -2.47. The van der Waals surface area contributed by atoms with Gasteiger partial charge in [0, 0.05) is 13.7 Å². The third-order valence-electron chi connectivity index (χ3n) is 0.928. The molecule has 12 heavy (non-hydrogen) atoms. The fraction of sp³-hybridized carbons (Fsp3) is 0.667. The number of nitrogens with one attached hydrogen (secondary N) is 3. The van der Waals surface area contributed by atoms with Crippen LogP contribution in [-0.4, -0.2) is 31.3 Å². The van der Waals surface area contributed by atoms with Crippen LogP contribution in [0, 0.1) is 0 Å². The van der Waals surface area contributed by atoms with Crippen LogP contribution in [0.2, 0.25) is 0 Å². The summed E-state index contributed by atoms with van der Waals surface area (Å²) in [5, 5.41) is 3.20. The van der Waals surface area contributed by atoms with Crippen molar-refractivity contribution in [3.63, 3.8) is 0 Å². The monoisotopic (exact) mass is 191 g/mol. The lowest BCUT2D eigenvalue weighted by Gasteiger charge is -2.09. The summed E-state index contributed by atoms with van der Waals surface area (Å²) in [7, 11) is 1.45. The molecular formula is C6H13N3O2S. The van der Waals surface area contributed by atoms with Crippen molar-refractivity contribution < 1.29 is 9.53 Å². The molecule has 5 nitrogen and oxygen atoms in total. The van der Waals surface area contributed by atoms with Gasteiger partial charge in [0.25, 0.3) is 5.91 Å². The molecule has 0 saturated heterocycles. The normalized spacial score (nSPS) is 8.83. The molecule has 0 aromatic rings. The Balaban J connectivity index is 3.40. The lowest BCUT2D eigenvalue weighted by atomic mass is 10.7. The van der Waals surface area contributed by atoms with Crippen molar-refractivity contribution in [3.05, 3.63) is 0 Å². The molecule has 0 aliphatic heterocycles. The third-order valence-corrected chi connectivity index (χ3v) is 1.17.